The number of likely N-dealkylation sites (N-methyl/N-ethyl adjacent to an activating group) is 1. The Kier molecular flexibility index (Phi) is 7.32. The molecule has 0 heterocycles. The largest absolute Gasteiger partial charge is 0.508 e. The molecule has 5 unspecified atom stereocenters. The molecule has 0 spiro atoms. The number of ketones is 4. The topological polar surface area (TPSA) is 204 Å². The molecular weight excluding hydrogens is 614 g/mol. The van der Waals surface area contributed by atoms with Crippen molar-refractivity contribution in [3.05, 3.63) is 53.1 Å². The van der Waals surface area contributed by atoms with Crippen LogP contribution in [0.2, 0.25) is 0 Å². The molecule has 7 atom stereocenters. The van der Waals surface area contributed by atoms with Crippen molar-refractivity contribution in [2.45, 2.75) is 29.3 Å². The molecule has 13 heteroatoms. The number of fused-ring (bicyclic) bond motifs is 3. The van der Waals surface area contributed by atoms with Crippen LogP contribution in [0.5, 0.6) is 11.5 Å². The number of halogens is 1. The number of carbonyl (C=O) groups excluding carboxylic acids is 6. The standard InChI is InChI=1S/C29H28BrN3O9/c1-33(2)21-15-10-13-9-12-5-8-16(32-28(41)20(30)11-3-6-14(34)7-4-11)22(35)17(12)23(36)18(13)25(38)29(15,42)26(39)19(24(21)37)27(31)40/h3-8,13,15,18-21,34-35,42H,9-10H2,1-2H3,(H2,31,40)(H,32,41)/t13?,15?,18?,19?,20?,21-,29-/m0/s1. The number of alkyl halides is 1. The first-order chi connectivity index (χ1) is 19.7. The van der Waals surface area contributed by atoms with Crippen LogP contribution in [0.3, 0.4) is 0 Å². The highest BCUT2D eigenvalue weighted by molar-refractivity contribution is 9.09. The van der Waals surface area contributed by atoms with E-state index in [0.717, 1.165) is 0 Å². The quantitative estimate of drug-likeness (QED) is 0.175. The van der Waals surface area contributed by atoms with E-state index in [0.29, 0.717) is 11.1 Å². The third kappa shape index (κ3) is 4.34. The van der Waals surface area contributed by atoms with Crippen LogP contribution < -0.4 is 11.1 Å². The van der Waals surface area contributed by atoms with E-state index in [1.807, 2.05) is 0 Å². The first-order valence-electron chi connectivity index (χ1n) is 13.1. The minimum Gasteiger partial charge on any atom is -0.508 e. The van der Waals surface area contributed by atoms with Crippen LogP contribution in [-0.2, 0) is 30.4 Å². The van der Waals surface area contributed by atoms with Gasteiger partial charge < -0.3 is 26.4 Å². The van der Waals surface area contributed by atoms with E-state index in [-0.39, 0.29) is 29.8 Å². The summed E-state index contributed by atoms with van der Waals surface area (Å²) < 4.78 is 0. The molecule has 0 aromatic heterocycles. The number of anilines is 1. The molecule has 2 aromatic rings. The molecule has 2 aromatic carbocycles. The van der Waals surface area contributed by atoms with Crippen LogP contribution in [0.15, 0.2) is 36.4 Å². The fourth-order valence-corrected chi connectivity index (χ4v) is 7.09. The summed E-state index contributed by atoms with van der Waals surface area (Å²) in [4.78, 5) is 79.7. The molecule has 42 heavy (non-hydrogen) atoms. The van der Waals surface area contributed by atoms with Crippen molar-refractivity contribution < 1.29 is 44.1 Å². The Balaban J connectivity index is 1.49. The Morgan fingerprint density at radius 1 is 1.05 bits per heavy atom. The summed E-state index contributed by atoms with van der Waals surface area (Å²) in [7, 11) is 3.03. The highest BCUT2D eigenvalue weighted by atomic mass is 79.9. The monoisotopic (exact) mass is 641 g/mol. The third-order valence-electron chi connectivity index (χ3n) is 8.61. The van der Waals surface area contributed by atoms with E-state index in [2.05, 4.69) is 21.2 Å². The molecule has 12 nitrogen and oxygen atoms in total. The number of nitrogens with two attached hydrogens (primary N) is 1. The molecule has 0 saturated heterocycles. The Hall–Kier alpha value is -3.94. The average Bonchev–Trinajstić information content (AvgIpc) is 2.91. The number of hydrogen-bond donors (Lipinski definition) is 5. The number of Topliss-reactive ketones (excluding diaryl/α,β-unsaturated/α-hetero) is 4. The van der Waals surface area contributed by atoms with E-state index < -0.39 is 80.8 Å². The normalized spacial score (nSPS) is 29.4. The van der Waals surface area contributed by atoms with Crippen molar-refractivity contribution in [1.29, 1.82) is 0 Å². The molecule has 0 aliphatic heterocycles. The van der Waals surface area contributed by atoms with Gasteiger partial charge in [-0.1, -0.05) is 34.1 Å². The summed E-state index contributed by atoms with van der Waals surface area (Å²) in [6, 6.07) is 7.65. The Bertz CT molecular complexity index is 1560. The first-order valence-corrected chi connectivity index (χ1v) is 14.0. The number of nitrogens with one attached hydrogen (secondary N) is 1. The molecular formula is C29H28BrN3O9. The first kappa shape index (κ1) is 29.5. The zero-order chi connectivity index (χ0) is 30.8. The number of carbonyl (C=O) groups is 6. The fourth-order valence-electron chi connectivity index (χ4n) is 6.67. The van der Waals surface area contributed by atoms with Gasteiger partial charge in [-0.25, -0.2) is 0 Å². The zero-order valence-electron chi connectivity index (χ0n) is 22.5. The second-order valence-electron chi connectivity index (χ2n) is 11.2. The molecule has 220 valence electrons. The number of phenolic OH excluding ortho intramolecular Hbond substituents is 2. The lowest BCUT2D eigenvalue weighted by atomic mass is 9.52. The maximum Gasteiger partial charge on any atom is 0.242 e. The second-order valence-corrected chi connectivity index (χ2v) is 12.1. The maximum atomic E-state index is 13.9. The molecule has 2 saturated carbocycles. The number of aromatic hydroxyl groups is 2. The minimum atomic E-state index is -2.81. The molecule has 0 radical (unpaired) electrons. The SMILES string of the molecule is CN(C)[C@@H]1C(=O)C(C(N)=O)C(=O)[C@@]2(O)C(=O)C3C(=O)c4c(ccc(NC(=O)C(Br)c5ccc(O)cc5)c4O)CC3CC12. The van der Waals surface area contributed by atoms with Crippen LogP contribution in [0.4, 0.5) is 5.69 Å². The number of hydrogen-bond acceptors (Lipinski definition) is 10. The summed E-state index contributed by atoms with van der Waals surface area (Å²) in [5.41, 5.74) is 3.10. The van der Waals surface area contributed by atoms with Crippen molar-refractivity contribution in [3.63, 3.8) is 0 Å². The lowest BCUT2D eigenvalue weighted by molar-refractivity contribution is -0.181. The van der Waals surface area contributed by atoms with E-state index >= 15 is 0 Å². The molecule has 3 aliphatic carbocycles. The lowest BCUT2D eigenvalue weighted by Crippen LogP contribution is -2.74. The van der Waals surface area contributed by atoms with E-state index in [1.54, 1.807) is 0 Å². The van der Waals surface area contributed by atoms with Gasteiger partial charge in [0.2, 0.25) is 11.8 Å². The van der Waals surface area contributed by atoms with Gasteiger partial charge in [-0.2, -0.15) is 0 Å². The molecule has 2 amide bonds. The van der Waals surface area contributed by atoms with Gasteiger partial charge in [0.15, 0.2) is 34.7 Å². The second kappa shape index (κ2) is 10.4. The highest BCUT2D eigenvalue weighted by Gasteiger charge is 2.69. The minimum absolute atomic E-state index is 0.0140. The van der Waals surface area contributed by atoms with E-state index in [9.17, 15) is 44.1 Å². The van der Waals surface area contributed by atoms with Crippen molar-refractivity contribution in [2.75, 3.05) is 19.4 Å². The van der Waals surface area contributed by atoms with Gasteiger partial charge in [0.05, 0.1) is 23.2 Å². The lowest BCUT2D eigenvalue weighted by Gasteiger charge is -2.52. The zero-order valence-corrected chi connectivity index (χ0v) is 24.1. The smallest absolute Gasteiger partial charge is 0.242 e. The summed E-state index contributed by atoms with van der Waals surface area (Å²) in [5.74, 6) is -12.1. The summed E-state index contributed by atoms with van der Waals surface area (Å²) in [5, 5.41) is 34.8. The summed E-state index contributed by atoms with van der Waals surface area (Å²) in [6.45, 7) is 0. The number of rotatable bonds is 5. The van der Waals surface area contributed by atoms with Crippen LogP contribution in [0, 0.1) is 23.7 Å². The van der Waals surface area contributed by atoms with Crippen LogP contribution in [0.1, 0.15) is 32.7 Å². The van der Waals surface area contributed by atoms with Crippen molar-refractivity contribution >= 4 is 56.6 Å². The Morgan fingerprint density at radius 2 is 1.69 bits per heavy atom. The fraction of sp³-hybridized carbons (Fsp3) is 0.379. The van der Waals surface area contributed by atoms with Crippen molar-refractivity contribution in [1.82, 2.24) is 4.90 Å². The van der Waals surface area contributed by atoms with Crippen LogP contribution in [-0.4, -0.2) is 80.9 Å². The highest BCUT2D eigenvalue weighted by Crippen LogP contribution is 2.51. The molecule has 6 N–H and O–H groups in total. The molecule has 3 aliphatic rings. The summed E-state index contributed by atoms with van der Waals surface area (Å²) >= 11 is 3.27. The van der Waals surface area contributed by atoms with E-state index in [1.165, 1.54) is 55.4 Å². The molecule has 2 fully saturated rings. The average molecular weight is 642 g/mol. The van der Waals surface area contributed by atoms with Gasteiger partial charge in [-0.05, 0) is 62.2 Å². The number of benzene rings is 2. The predicted octanol–water partition coefficient (Wildman–Crippen LogP) is 0.647. The van der Waals surface area contributed by atoms with Gasteiger partial charge in [0, 0.05) is 5.92 Å². The summed E-state index contributed by atoms with van der Waals surface area (Å²) in [6.07, 6.45) is 0.0588. The van der Waals surface area contributed by atoms with Gasteiger partial charge in [-0.3, -0.25) is 33.7 Å². The molecule has 0 bridgehead atoms. The third-order valence-corrected chi connectivity index (χ3v) is 9.55. The van der Waals surface area contributed by atoms with Gasteiger partial charge in [0.1, 0.15) is 16.3 Å². The van der Waals surface area contributed by atoms with Gasteiger partial charge in [-0.15, -0.1) is 0 Å². The number of nitrogens with zero attached hydrogens (tertiary/aromatic N) is 1. The van der Waals surface area contributed by atoms with Gasteiger partial charge >= 0.3 is 0 Å². The number of amides is 2. The number of phenols is 2. The van der Waals surface area contributed by atoms with Crippen molar-refractivity contribution in [2.24, 2.45) is 29.4 Å². The van der Waals surface area contributed by atoms with Crippen molar-refractivity contribution in [3.8, 4) is 11.5 Å². The number of aliphatic hydroxyl groups is 1. The van der Waals surface area contributed by atoms with E-state index in [4.69, 9.17) is 5.73 Å². The molecule has 5 rings (SSSR count). The maximum absolute atomic E-state index is 13.9. The Morgan fingerprint density at radius 3 is 2.29 bits per heavy atom. The Labute approximate surface area is 248 Å². The van der Waals surface area contributed by atoms with Gasteiger partial charge in [0.25, 0.3) is 0 Å². The van der Waals surface area contributed by atoms with Crippen LogP contribution >= 0.6 is 15.9 Å². The predicted molar refractivity (Wildman–Crippen MR) is 150 cm³/mol. The van der Waals surface area contributed by atoms with Crippen LogP contribution in [0.25, 0.3) is 0 Å². The number of primary amides is 1.